The molecule has 0 spiro atoms. The molecular weight excluding hydrogens is 564 g/mol. The van der Waals surface area contributed by atoms with Crippen molar-refractivity contribution in [2.45, 2.75) is 12.8 Å². The van der Waals surface area contributed by atoms with Gasteiger partial charge >= 0.3 is 0 Å². The van der Waals surface area contributed by atoms with E-state index in [1.165, 1.54) is 0 Å². The van der Waals surface area contributed by atoms with Gasteiger partial charge in [0.15, 0.2) is 28.1 Å². The Labute approximate surface area is 257 Å². The second-order valence-corrected chi connectivity index (χ2v) is 10.2. The van der Waals surface area contributed by atoms with Crippen LogP contribution in [0.3, 0.4) is 0 Å². The molecule has 1 aromatic heterocycles. The van der Waals surface area contributed by atoms with E-state index in [0.29, 0.717) is 59.7 Å². The van der Waals surface area contributed by atoms with Crippen molar-refractivity contribution >= 4 is 29.3 Å². The summed E-state index contributed by atoms with van der Waals surface area (Å²) in [5, 5.41) is 0.465. The SMILES string of the molecule is COc1ccc(CCN2C(=O)/C(=C\c3ccccc3-c3ccco3)N(CCc3ccc(OC)c(OC)c3)C2=S)cc1OC. The highest BCUT2D eigenvalue weighted by molar-refractivity contribution is 7.80. The molecule has 0 aliphatic carbocycles. The lowest BCUT2D eigenvalue weighted by Crippen LogP contribution is -2.35. The summed E-state index contributed by atoms with van der Waals surface area (Å²) in [7, 11) is 6.44. The van der Waals surface area contributed by atoms with E-state index in [2.05, 4.69) is 0 Å². The van der Waals surface area contributed by atoms with Crippen molar-refractivity contribution in [2.24, 2.45) is 0 Å². The van der Waals surface area contributed by atoms with Crippen LogP contribution in [0.1, 0.15) is 16.7 Å². The molecule has 1 fully saturated rings. The summed E-state index contributed by atoms with van der Waals surface area (Å²) in [6, 6.07) is 23.2. The van der Waals surface area contributed by atoms with Crippen LogP contribution in [0.4, 0.5) is 0 Å². The van der Waals surface area contributed by atoms with Crippen LogP contribution in [0.5, 0.6) is 23.0 Å². The average Bonchev–Trinajstić information content (AvgIpc) is 3.65. The molecule has 3 aromatic carbocycles. The van der Waals surface area contributed by atoms with Crippen LogP contribution in [0.15, 0.2) is 89.2 Å². The van der Waals surface area contributed by atoms with Crippen LogP contribution >= 0.6 is 12.2 Å². The first kappa shape index (κ1) is 29.7. The fraction of sp³-hybridized carbons (Fsp3) is 0.235. The number of benzene rings is 3. The Morgan fingerprint density at radius 1 is 0.721 bits per heavy atom. The van der Waals surface area contributed by atoms with Crippen molar-refractivity contribution in [2.75, 3.05) is 41.5 Å². The third kappa shape index (κ3) is 6.36. The third-order valence-electron chi connectivity index (χ3n) is 7.40. The van der Waals surface area contributed by atoms with E-state index < -0.39 is 0 Å². The molecule has 5 rings (SSSR count). The predicted octanol–water partition coefficient (Wildman–Crippen LogP) is 6.24. The smallest absolute Gasteiger partial charge is 0.276 e. The number of ether oxygens (including phenoxy) is 4. The van der Waals surface area contributed by atoms with Crippen molar-refractivity contribution in [3.05, 3.63) is 101 Å². The summed E-state index contributed by atoms with van der Waals surface area (Å²) >= 11 is 5.93. The fourth-order valence-electron chi connectivity index (χ4n) is 5.12. The summed E-state index contributed by atoms with van der Waals surface area (Å²) < 4.78 is 27.4. The molecule has 0 saturated carbocycles. The van der Waals surface area contributed by atoms with E-state index in [9.17, 15) is 4.79 Å². The highest BCUT2D eigenvalue weighted by Crippen LogP contribution is 2.32. The van der Waals surface area contributed by atoms with Gasteiger partial charge in [-0.2, -0.15) is 0 Å². The Bertz CT molecular complexity index is 1630. The van der Waals surface area contributed by atoms with Crippen molar-refractivity contribution in [3.63, 3.8) is 0 Å². The summed E-state index contributed by atoms with van der Waals surface area (Å²) in [6.07, 6.45) is 4.76. The van der Waals surface area contributed by atoms with Crippen LogP contribution < -0.4 is 18.9 Å². The van der Waals surface area contributed by atoms with Crippen molar-refractivity contribution in [3.8, 4) is 34.3 Å². The molecule has 222 valence electrons. The number of amides is 1. The molecule has 0 bridgehead atoms. The first-order chi connectivity index (χ1) is 21.0. The van der Waals surface area contributed by atoms with Gasteiger partial charge in [0.1, 0.15) is 11.5 Å². The number of nitrogens with zero attached hydrogens (tertiary/aromatic N) is 2. The zero-order chi connectivity index (χ0) is 30.3. The maximum absolute atomic E-state index is 14.0. The molecular formula is C34H34N2O6S. The van der Waals surface area contributed by atoms with E-state index in [-0.39, 0.29) is 5.91 Å². The third-order valence-corrected chi connectivity index (χ3v) is 7.84. The Balaban J connectivity index is 1.45. The topological polar surface area (TPSA) is 73.6 Å². The lowest BCUT2D eigenvalue weighted by Gasteiger charge is -2.21. The van der Waals surface area contributed by atoms with Gasteiger partial charge in [0.2, 0.25) is 0 Å². The second-order valence-electron chi connectivity index (χ2n) is 9.86. The molecule has 9 heteroatoms. The standard InChI is InChI=1S/C34H34N2O6S/c1-38-29-13-11-23(20-31(29)40-3)15-17-35-27(22-25-8-5-6-9-26(25)28-10-7-19-42-28)33(37)36(34(35)43)18-16-24-12-14-30(39-2)32(21-24)41-4/h5-14,19-22H,15-18H2,1-4H3/b27-22+. The molecule has 0 unspecified atom stereocenters. The van der Waals surface area contributed by atoms with Gasteiger partial charge in [0, 0.05) is 18.7 Å². The summed E-state index contributed by atoms with van der Waals surface area (Å²) in [4.78, 5) is 17.6. The summed E-state index contributed by atoms with van der Waals surface area (Å²) in [6.45, 7) is 0.916. The minimum atomic E-state index is -0.146. The van der Waals surface area contributed by atoms with Crippen molar-refractivity contribution in [1.82, 2.24) is 9.80 Å². The number of rotatable bonds is 12. The van der Waals surface area contributed by atoms with E-state index in [1.807, 2.05) is 83.8 Å². The quantitative estimate of drug-likeness (QED) is 0.140. The Morgan fingerprint density at radius 3 is 1.86 bits per heavy atom. The lowest BCUT2D eigenvalue weighted by molar-refractivity contribution is -0.122. The van der Waals surface area contributed by atoms with Crippen molar-refractivity contribution < 1.29 is 28.2 Å². The molecule has 0 atom stereocenters. The lowest BCUT2D eigenvalue weighted by atomic mass is 10.0. The maximum Gasteiger partial charge on any atom is 0.276 e. The molecule has 1 aliphatic rings. The van der Waals surface area contributed by atoms with Crippen LogP contribution in [-0.4, -0.2) is 62.3 Å². The normalized spacial score (nSPS) is 14.0. The van der Waals surface area contributed by atoms with Gasteiger partial charge in [0.25, 0.3) is 5.91 Å². The van der Waals surface area contributed by atoms with E-state index in [0.717, 1.165) is 28.0 Å². The van der Waals surface area contributed by atoms with Crippen LogP contribution in [0.25, 0.3) is 17.4 Å². The average molecular weight is 599 g/mol. The van der Waals surface area contributed by atoms with Crippen LogP contribution in [0.2, 0.25) is 0 Å². The molecule has 1 amide bonds. The zero-order valence-corrected chi connectivity index (χ0v) is 25.5. The van der Waals surface area contributed by atoms with E-state index in [1.54, 1.807) is 39.6 Å². The highest BCUT2D eigenvalue weighted by atomic mass is 32.1. The van der Waals surface area contributed by atoms with Crippen LogP contribution in [-0.2, 0) is 17.6 Å². The number of furan rings is 1. The first-order valence-electron chi connectivity index (χ1n) is 13.9. The Kier molecular flexibility index (Phi) is 9.32. The maximum atomic E-state index is 14.0. The largest absolute Gasteiger partial charge is 0.493 e. The van der Waals surface area contributed by atoms with Crippen LogP contribution in [0, 0.1) is 0 Å². The molecule has 4 aromatic rings. The number of thiocarbonyl (C=S) groups is 1. The molecule has 43 heavy (non-hydrogen) atoms. The van der Waals surface area contributed by atoms with Gasteiger partial charge in [-0.25, -0.2) is 0 Å². The summed E-state index contributed by atoms with van der Waals surface area (Å²) in [5.41, 5.74) is 4.30. The van der Waals surface area contributed by atoms with Crippen molar-refractivity contribution in [1.29, 1.82) is 0 Å². The van der Waals surface area contributed by atoms with E-state index in [4.69, 9.17) is 35.6 Å². The number of methoxy groups -OCH3 is 4. The Hall–Kier alpha value is -4.76. The molecule has 2 heterocycles. The number of hydrogen-bond donors (Lipinski definition) is 0. The minimum absolute atomic E-state index is 0.146. The minimum Gasteiger partial charge on any atom is -0.493 e. The van der Waals surface area contributed by atoms with Gasteiger partial charge in [-0.15, -0.1) is 0 Å². The monoisotopic (exact) mass is 598 g/mol. The zero-order valence-electron chi connectivity index (χ0n) is 24.7. The van der Waals surface area contributed by atoms with Gasteiger partial charge < -0.3 is 28.3 Å². The van der Waals surface area contributed by atoms with Gasteiger partial charge in [-0.3, -0.25) is 9.69 Å². The van der Waals surface area contributed by atoms with Gasteiger partial charge in [-0.1, -0.05) is 36.4 Å². The molecule has 0 radical (unpaired) electrons. The second kappa shape index (κ2) is 13.5. The number of carbonyl (C=O) groups is 1. The van der Waals surface area contributed by atoms with Gasteiger partial charge in [0.05, 0.1) is 34.7 Å². The fourth-order valence-corrected chi connectivity index (χ4v) is 5.49. The summed E-state index contributed by atoms with van der Waals surface area (Å²) in [5.74, 6) is 3.19. The molecule has 1 saturated heterocycles. The first-order valence-corrected chi connectivity index (χ1v) is 14.3. The van der Waals surface area contributed by atoms with Gasteiger partial charge in [-0.05, 0) is 84.2 Å². The van der Waals surface area contributed by atoms with E-state index >= 15 is 0 Å². The molecule has 1 aliphatic heterocycles. The number of hydrogen-bond acceptors (Lipinski definition) is 7. The molecule has 0 N–H and O–H groups in total. The molecule has 8 nitrogen and oxygen atoms in total. The highest BCUT2D eigenvalue weighted by Gasteiger charge is 2.37. The predicted molar refractivity (Wildman–Crippen MR) is 170 cm³/mol. The number of carbonyl (C=O) groups excluding carboxylic acids is 1. The Morgan fingerprint density at radius 2 is 1.30 bits per heavy atom.